The number of sulfonamides is 1. The summed E-state index contributed by atoms with van der Waals surface area (Å²) in [6, 6.07) is 0.0666. The molecule has 1 rings (SSSR count). The third-order valence-electron chi connectivity index (χ3n) is 3.06. The molecule has 0 fully saturated rings. The average Bonchev–Trinajstić information content (AvgIpc) is 2.80. The summed E-state index contributed by atoms with van der Waals surface area (Å²) in [5.41, 5.74) is 5.87. The van der Waals surface area contributed by atoms with Crippen molar-refractivity contribution in [3.63, 3.8) is 0 Å². The minimum atomic E-state index is -3.61. The van der Waals surface area contributed by atoms with E-state index in [1.165, 1.54) is 10.9 Å². The average molecular weight is 304 g/mol. The second-order valence-corrected chi connectivity index (χ2v) is 6.28. The highest BCUT2D eigenvalue weighted by Crippen LogP contribution is 2.22. The predicted octanol–water partition coefficient (Wildman–Crippen LogP) is 1.14. The molecule has 0 saturated carbocycles. The summed E-state index contributed by atoms with van der Waals surface area (Å²) >= 11 is 0. The number of nitrogen functional groups attached to an aromatic ring is 1. The Bertz CT molecular complexity index is 513. The molecule has 0 saturated heterocycles. The minimum Gasteiger partial charge on any atom is -0.383 e. The smallest absolute Gasteiger partial charge is 0.245 e. The second-order valence-electron chi connectivity index (χ2n) is 4.54. The number of hydrogen-bond acceptors (Lipinski definition) is 5. The van der Waals surface area contributed by atoms with Crippen LogP contribution in [-0.2, 0) is 14.8 Å². The highest BCUT2D eigenvalue weighted by atomic mass is 32.2. The monoisotopic (exact) mass is 304 g/mol. The van der Waals surface area contributed by atoms with Gasteiger partial charge in [0.05, 0.1) is 12.2 Å². The number of rotatable bonds is 9. The molecule has 1 aromatic rings. The molecule has 0 aliphatic rings. The molecule has 1 aromatic heterocycles. The first-order valence-corrected chi connectivity index (χ1v) is 8.32. The van der Waals surface area contributed by atoms with Crippen LogP contribution in [0.2, 0.25) is 0 Å². The van der Waals surface area contributed by atoms with E-state index in [0.717, 1.165) is 6.42 Å². The Hall–Kier alpha value is -1.12. The van der Waals surface area contributed by atoms with Crippen LogP contribution < -0.4 is 10.5 Å². The topological polar surface area (TPSA) is 99.2 Å². The number of nitrogens with zero attached hydrogens (tertiary/aromatic N) is 2. The molecule has 0 spiro atoms. The van der Waals surface area contributed by atoms with E-state index in [1.54, 1.807) is 0 Å². The molecule has 116 valence electrons. The zero-order chi connectivity index (χ0) is 15.2. The summed E-state index contributed by atoms with van der Waals surface area (Å²) in [5, 5.41) is 4.06. The van der Waals surface area contributed by atoms with Crippen LogP contribution in [0.5, 0.6) is 0 Å². The number of aromatic nitrogens is 2. The van der Waals surface area contributed by atoms with Crippen LogP contribution in [0.3, 0.4) is 0 Å². The quantitative estimate of drug-likeness (QED) is 0.666. The van der Waals surface area contributed by atoms with Crippen LogP contribution in [0.4, 0.5) is 5.82 Å². The Kier molecular flexibility index (Phi) is 6.44. The van der Waals surface area contributed by atoms with Crippen molar-refractivity contribution >= 4 is 15.8 Å². The van der Waals surface area contributed by atoms with Gasteiger partial charge in [0.15, 0.2) is 0 Å². The second kappa shape index (κ2) is 7.61. The van der Waals surface area contributed by atoms with Gasteiger partial charge < -0.3 is 10.5 Å². The van der Waals surface area contributed by atoms with Crippen LogP contribution >= 0.6 is 0 Å². The normalized spacial score (nSPS) is 13.6. The van der Waals surface area contributed by atoms with Crippen LogP contribution in [0, 0.1) is 0 Å². The third-order valence-corrected chi connectivity index (χ3v) is 4.54. The number of ether oxygens (including phenoxy) is 1. The third kappa shape index (κ3) is 4.19. The van der Waals surface area contributed by atoms with Gasteiger partial charge in [0.1, 0.15) is 10.7 Å². The Labute approximate surface area is 120 Å². The van der Waals surface area contributed by atoms with Crippen molar-refractivity contribution in [1.82, 2.24) is 14.5 Å². The Balaban J connectivity index is 2.71. The van der Waals surface area contributed by atoms with Gasteiger partial charge in [-0.05, 0) is 26.7 Å². The number of nitrogens with one attached hydrogen (secondary N) is 1. The molecule has 0 radical (unpaired) electrons. The summed E-state index contributed by atoms with van der Waals surface area (Å²) in [4.78, 5) is 0.0363. The van der Waals surface area contributed by atoms with Gasteiger partial charge in [0.25, 0.3) is 0 Å². The number of anilines is 1. The SMILES string of the molecule is CCOCCCNS(=O)(=O)c1cnn(C(C)CC)c1N. The van der Waals surface area contributed by atoms with E-state index in [9.17, 15) is 8.42 Å². The van der Waals surface area contributed by atoms with E-state index >= 15 is 0 Å². The molecule has 0 aromatic carbocycles. The van der Waals surface area contributed by atoms with E-state index in [1.807, 2.05) is 20.8 Å². The number of hydrogen-bond donors (Lipinski definition) is 2. The summed E-state index contributed by atoms with van der Waals surface area (Å²) in [6.07, 6.45) is 2.74. The van der Waals surface area contributed by atoms with Gasteiger partial charge in [-0.3, -0.25) is 0 Å². The molecule has 8 heteroatoms. The molecule has 7 nitrogen and oxygen atoms in total. The lowest BCUT2D eigenvalue weighted by Gasteiger charge is -2.12. The fourth-order valence-electron chi connectivity index (χ4n) is 1.69. The van der Waals surface area contributed by atoms with Crippen LogP contribution in [0.15, 0.2) is 11.1 Å². The number of nitrogens with two attached hydrogens (primary N) is 1. The van der Waals surface area contributed by atoms with E-state index in [2.05, 4.69) is 9.82 Å². The summed E-state index contributed by atoms with van der Waals surface area (Å²) < 4.78 is 33.4. The van der Waals surface area contributed by atoms with E-state index in [4.69, 9.17) is 10.5 Å². The van der Waals surface area contributed by atoms with Gasteiger partial charge in [-0.2, -0.15) is 5.10 Å². The van der Waals surface area contributed by atoms with Crippen molar-refractivity contribution in [3.8, 4) is 0 Å². The Morgan fingerprint density at radius 2 is 2.20 bits per heavy atom. The molecule has 1 unspecified atom stereocenters. The van der Waals surface area contributed by atoms with Gasteiger partial charge in [-0.25, -0.2) is 17.8 Å². The fraction of sp³-hybridized carbons (Fsp3) is 0.750. The maximum atomic E-state index is 12.1. The van der Waals surface area contributed by atoms with Crippen molar-refractivity contribution < 1.29 is 13.2 Å². The predicted molar refractivity (Wildman–Crippen MR) is 77.9 cm³/mol. The van der Waals surface area contributed by atoms with Crippen LogP contribution in [-0.4, -0.2) is 38.0 Å². The fourth-order valence-corrected chi connectivity index (χ4v) is 2.81. The largest absolute Gasteiger partial charge is 0.383 e. The van der Waals surface area contributed by atoms with E-state index < -0.39 is 10.0 Å². The molecule has 0 amide bonds. The van der Waals surface area contributed by atoms with Crippen molar-refractivity contribution in [2.24, 2.45) is 0 Å². The first-order valence-electron chi connectivity index (χ1n) is 6.84. The summed E-state index contributed by atoms with van der Waals surface area (Å²) in [7, 11) is -3.61. The molecule has 3 N–H and O–H groups in total. The lowest BCUT2D eigenvalue weighted by molar-refractivity contribution is 0.146. The highest BCUT2D eigenvalue weighted by Gasteiger charge is 2.22. The molecular formula is C12H24N4O3S. The first-order chi connectivity index (χ1) is 9.44. The van der Waals surface area contributed by atoms with Crippen molar-refractivity contribution in [2.75, 3.05) is 25.5 Å². The van der Waals surface area contributed by atoms with Crippen molar-refractivity contribution in [1.29, 1.82) is 0 Å². The summed E-state index contributed by atoms with van der Waals surface area (Å²) in [6.45, 7) is 7.30. The van der Waals surface area contributed by atoms with Crippen LogP contribution in [0.25, 0.3) is 0 Å². The molecule has 0 aliphatic carbocycles. The molecular weight excluding hydrogens is 280 g/mol. The van der Waals surface area contributed by atoms with Crippen molar-refractivity contribution in [2.45, 2.75) is 44.6 Å². The van der Waals surface area contributed by atoms with Gasteiger partial charge >= 0.3 is 0 Å². The van der Waals surface area contributed by atoms with E-state index in [0.29, 0.717) is 26.2 Å². The van der Waals surface area contributed by atoms with Crippen molar-refractivity contribution in [3.05, 3.63) is 6.20 Å². The Morgan fingerprint density at radius 3 is 2.80 bits per heavy atom. The van der Waals surface area contributed by atoms with Gasteiger partial charge in [-0.1, -0.05) is 6.92 Å². The minimum absolute atomic E-state index is 0.0363. The lowest BCUT2D eigenvalue weighted by Crippen LogP contribution is -2.26. The lowest BCUT2D eigenvalue weighted by atomic mass is 10.3. The van der Waals surface area contributed by atoms with Crippen LogP contribution in [0.1, 0.15) is 39.7 Å². The van der Waals surface area contributed by atoms with Gasteiger partial charge in [0, 0.05) is 19.8 Å². The maximum Gasteiger partial charge on any atom is 0.245 e. The maximum absolute atomic E-state index is 12.1. The molecule has 1 heterocycles. The summed E-state index contributed by atoms with van der Waals surface area (Å²) in [5.74, 6) is 0.177. The molecule has 20 heavy (non-hydrogen) atoms. The molecule has 0 bridgehead atoms. The Morgan fingerprint density at radius 1 is 1.50 bits per heavy atom. The van der Waals surface area contributed by atoms with E-state index in [-0.39, 0.29) is 16.8 Å². The standard InChI is InChI=1S/C12H24N4O3S/c1-4-10(3)16-12(13)11(9-14-16)20(17,18)15-7-6-8-19-5-2/h9-10,15H,4-8,13H2,1-3H3. The molecule has 1 atom stereocenters. The van der Waals surface area contributed by atoms with Gasteiger partial charge in [0.2, 0.25) is 10.0 Å². The molecule has 0 aliphatic heterocycles. The highest BCUT2D eigenvalue weighted by molar-refractivity contribution is 7.89. The zero-order valence-corrected chi connectivity index (χ0v) is 13.1. The zero-order valence-electron chi connectivity index (χ0n) is 12.3. The first kappa shape index (κ1) is 16.9. The van der Waals surface area contributed by atoms with Gasteiger partial charge in [-0.15, -0.1) is 0 Å².